The lowest BCUT2D eigenvalue weighted by Gasteiger charge is -2.30. The van der Waals surface area contributed by atoms with Crippen LogP contribution in [0.5, 0.6) is 0 Å². The van der Waals surface area contributed by atoms with Crippen LogP contribution in [0.3, 0.4) is 0 Å². The molecule has 2 rings (SSSR count). The Morgan fingerprint density at radius 1 is 1.24 bits per heavy atom. The molecule has 1 aromatic rings. The van der Waals surface area contributed by atoms with Crippen LogP contribution in [0.4, 0.5) is 4.79 Å². The zero-order valence-corrected chi connectivity index (χ0v) is 17.4. The molecule has 1 aliphatic heterocycles. The number of benzene rings is 1. The standard InChI is InChI=1S/C20H28N4O4S/c1-14(2)13-17(18(25)22-24-20(27)21-11-12-29-24)16(19(26)23-28)10-6-9-15-7-4-3-5-8-15/h3-9,14,16-17,28H,10-13H2,1-2H3,(H,21,27)(H,22,25)(H,23,26)/b9-6-/t16-,17?/m1/s1. The van der Waals surface area contributed by atoms with Crippen LogP contribution in [-0.2, 0) is 9.59 Å². The molecule has 0 spiro atoms. The first-order valence-electron chi connectivity index (χ1n) is 9.59. The van der Waals surface area contributed by atoms with Gasteiger partial charge in [-0.1, -0.05) is 56.3 Å². The number of hydroxylamine groups is 1. The Morgan fingerprint density at radius 3 is 2.59 bits per heavy atom. The Balaban J connectivity index is 2.16. The van der Waals surface area contributed by atoms with E-state index in [1.165, 1.54) is 11.9 Å². The Morgan fingerprint density at radius 2 is 1.97 bits per heavy atom. The van der Waals surface area contributed by atoms with Gasteiger partial charge in [0.25, 0.3) is 0 Å². The fraction of sp³-hybridized carbons (Fsp3) is 0.450. The number of hydrogen-bond donors (Lipinski definition) is 4. The maximum Gasteiger partial charge on any atom is 0.346 e. The molecule has 0 saturated carbocycles. The van der Waals surface area contributed by atoms with Crippen molar-refractivity contribution in [2.75, 3.05) is 12.3 Å². The van der Waals surface area contributed by atoms with E-state index in [0.29, 0.717) is 18.7 Å². The second kappa shape index (κ2) is 11.5. The molecule has 1 unspecified atom stereocenters. The summed E-state index contributed by atoms with van der Waals surface area (Å²) >= 11 is 1.20. The first-order valence-corrected chi connectivity index (χ1v) is 10.5. The number of rotatable bonds is 9. The van der Waals surface area contributed by atoms with Crippen LogP contribution in [-0.4, -0.2) is 39.8 Å². The zero-order valence-electron chi connectivity index (χ0n) is 16.6. The summed E-state index contributed by atoms with van der Waals surface area (Å²) in [6, 6.07) is 9.20. The van der Waals surface area contributed by atoms with Crippen LogP contribution in [0.25, 0.3) is 6.08 Å². The van der Waals surface area contributed by atoms with Crippen LogP contribution in [0.15, 0.2) is 36.4 Å². The molecule has 8 nitrogen and oxygen atoms in total. The summed E-state index contributed by atoms with van der Waals surface area (Å²) in [6.45, 7) is 4.44. The summed E-state index contributed by atoms with van der Waals surface area (Å²) in [7, 11) is 0. The first kappa shape index (κ1) is 22.8. The second-order valence-electron chi connectivity index (χ2n) is 7.20. The highest BCUT2D eigenvalue weighted by molar-refractivity contribution is 7.97. The monoisotopic (exact) mass is 420 g/mol. The number of hydrogen-bond acceptors (Lipinski definition) is 5. The molecule has 4 N–H and O–H groups in total. The minimum Gasteiger partial charge on any atom is -0.335 e. The van der Waals surface area contributed by atoms with Crippen LogP contribution >= 0.6 is 11.9 Å². The van der Waals surface area contributed by atoms with Crippen molar-refractivity contribution in [3.63, 3.8) is 0 Å². The van der Waals surface area contributed by atoms with E-state index in [1.807, 2.05) is 56.3 Å². The molecule has 0 aliphatic carbocycles. The van der Waals surface area contributed by atoms with Crippen molar-refractivity contribution in [2.45, 2.75) is 26.7 Å². The van der Waals surface area contributed by atoms with Crippen LogP contribution in [0.2, 0.25) is 0 Å². The third-order valence-corrected chi connectivity index (χ3v) is 5.39. The summed E-state index contributed by atoms with van der Waals surface area (Å²) in [5.41, 5.74) is 5.26. The molecule has 1 heterocycles. The fourth-order valence-corrected chi connectivity index (χ4v) is 3.82. The average molecular weight is 421 g/mol. The molecule has 29 heavy (non-hydrogen) atoms. The van der Waals surface area contributed by atoms with E-state index in [1.54, 1.807) is 5.48 Å². The Hall–Kier alpha value is -2.52. The topological polar surface area (TPSA) is 111 Å². The minimum absolute atomic E-state index is 0.140. The van der Waals surface area contributed by atoms with Gasteiger partial charge < -0.3 is 5.32 Å². The van der Waals surface area contributed by atoms with Gasteiger partial charge in [-0.3, -0.25) is 20.2 Å². The molecule has 1 aliphatic rings. The van der Waals surface area contributed by atoms with Gasteiger partial charge in [0.15, 0.2) is 0 Å². The molecule has 0 bridgehead atoms. The maximum atomic E-state index is 13.0. The van der Waals surface area contributed by atoms with Gasteiger partial charge in [-0.15, -0.1) is 0 Å². The van der Waals surface area contributed by atoms with Gasteiger partial charge in [-0.05, 0) is 36.3 Å². The highest BCUT2D eigenvalue weighted by Gasteiger charge is 2.35. The molecular formula is C20H28N4O4S. The van der Waals surface area contributed by atoms with E-state index in [0.717, 1.165) is 9.98 Å². The number of nitrogens with zero attached hydrogens (tertiary/aromatic N) is 1. The molecule has 0 radical (unpaired) electrons. The molecule has 2 atom stereocenters. The van der Waals surface area contributed by atoms with Gasteiger partial charge in [0.05, 0.1) is 11.8 Å². The van der Waals surface area contributed by atoms with Crippen molar-refractivity contribution >= 4 is 35.9 Å². The largest absolute Gasteiger partial charge is 0.346 e. The molecule has 1 saturated heterocycles. The van der Waals surface area contributed by atoms with Crippen LogP contribution in [0, 0.1) is 17.8 Å². The number of urea groups is 1. The maximum absolute atomic E-state index is 13.0. The molecule has 1 aromatic carbocycles. The van der Waals surface area contributed by atoms with Crippen molar-refractivity contribution < 1.29 is 19.6 Å². The zero-order chi connectivity index (χ0) is 21.2. The summed E-state index contributed by atoms with van der Waals surface area (Å²) in [6.07, 6.45) is 4.39. The Kier molecular flexibility index (Phi) is 9.01. The average Bonchev–Trinajstić information content (AvgIpc) is 2.71. The van der Waals surface area contributed by atoms with Crippen molar-refractivity contribution in [1.29, 1.82) is 0 Å². The number of carbonyl (C=O) groups is 3. The molecule has 158 valence electrons. The first-order chi connectivity index (χ1) is 13.9. The molecule has 4 amide bonds. The number of allylic oxidation sites excluding steroid dienone is 1. The molecule has 9 heteroatoms. The number of carbonyl (C=O) groups excluding carboxylic acids is 3. The predicted molar refractivity (Wildman–Crippen MR) is 112 cm³/mol. The van der Waals surface area contributed by atoms with Crippen LogP contribution < -0.4 is 16.2 Å². The minimum atomic E-state index is -0.778. The lowest BCUT2D eigenvalue weighted by atomic mass is 9.82. The summed E-state index contributed by atoms with van der Waals surface area (Å²) < 4.78 is 1.16. The van der Waals surface area contributed by atoms with Crippen molar-refractivity contribution in [3.05, 3.63) is 42.0 Å². The molecule has 0 aromatic heterocycles. The number of amides is 4. The quantitative estimate of drug-likeness (QED) is 0.279. The van der Waals surface area contributed by atoms with E-state index >= 15 is 0 Å². The lowest BCUT2D eigenvalue weighted by molar-refractivity contribution is -0.141. The van der Waals surface area contributed by atoms with E-state index in [-0.39, 0.29) is 12.3 Å². The van der Waals surface area contributed by atoms with Gasteiger partial charge in [0.2, 0.25) is 11.8 Å². The summed E-state index contributed by atoms with van der Waals surface area (Å²) in [5, 5.41) is 11.9. The number of hydrazine groups is 1. The molecule has 1 fully saturated rings. The molecular weight excluding hydrogens is 392 g/mol. The van der Waals surface area contributed by atoms with Crippen molar-refractivity contribution in [2.24, 2.45) is 17.8 Å². The van der Waals surface area contributed by atoms with E-state index < -0.39 is 29.7 Å². The van der Waals surface area contributed by atoms with Crippen molar-refractivity contribution in [3.8, 4) is 0 Å². The van der Waals surface area contributed by atoms with Gasteiger partial charge in [0.1, 0.15) is 0 Å². The van der Waals surface area contributed by atoms with Gasteiger partial charge in [0, 0.05) is 12.3 Å². The normalized spacial score (nSPS) is 16.4. The highest BCUT2D eigenvalue weighted by Crippen LogP contribution is 2.26. The van der Waals surface area contributed by atoms with E-state index in [9.17, 15) is 19.6 Å². The highest BCUT2D eigenvalue weighted by atomic mass is 32.2. The summed E-state index contributed by atoms with van der Waals surface area (Å²) in [5.74, 6) is -1.76. The van der Waals surface area contributed by atoms with Crippen LogP contribution in [0.1, 0.15) is 32.3 Å². The van der Waals surface area contributed by atoms with E-state index in [2.05, 4.69) is 10.7 Å². The third kappa shape index (κ3) is 7.10. The Bertz CT molecular complexity index is 726. The van der Waals surface area contributed by atoms with Gasteiger partial charge in [-0.2, -0.15) is 4.41 Å². The second-order valence-corrected chi connectivity index (χ2v) is 8.23. The van der Waals surface area contributed by atoms with Gasteiger partial charge >= 0.3 is 6.03 Å². The fourth-order valence-electron chi connectivity index (χ4n) is 3.11. The van der Waals surface area contributed by atoms with Gasteiger partial charge in [-0.25, -0.2) is 10.3 Å². The predicted octanol–water partition coefficient (Wildman–Crippen LogP) is 2.58. The SMILES string of the molecule is CC(C)CC(C(=O)NN1SCCNC1=O)[C@@H](C/C=C\c1ccccc1)C(=O)NO. The lowest BCUT2D eigenvalue weighted by Crippen LogP contribution is -2.53. The van der Waals surface area contributed by atoms with E-state index in [4.69, 9.17) is 0 Å². The third-order valence-electron chi connectivity index (χ3n) is 4.49. The Labute approximate surface area is 175 Å². The number of nitrogens with one attached hydrogen (secondary N) is 3. The smallest absolute Gasteiger partial charge is 0.335 e. The summed E-state index contributed by atoms with van der Waals surface area (Å²) in [4.78, 5) is 37.2. The van der Waals surface area contributed by atoms with Crippen molar-refractivity contribution in [1.82, 2.24) is 20.6 Å².